The minimum Gasteiger partial charge on any atom is -0.499 e. The summed E-state index contributed by atoms with van der Waals surface area (Å²) in [6, 6.07) is 5.91. The highest BCUT2D eigenvalue weighted by molar-refractivity contribution is 5.35. The van der Waals surface area contributed by atoms with E-state index >= 15 is 0 Å². The van der Waals surface area contributed by atoms with Gasteiger partial charge in [0.1, 0.15) is 19.0 Å². The number of benzene rings is 1. The minimum atomic E-state index is -0.453. The SMILES string of the molecule is C=COCCOCCOCCOCCOCCOCCOCCOCCOCCOCCOc1ccc([N+](=O)[O-])cc1. The molecule has 0 fully saturated rings. The molecule has 242 valence electrons. The van der Waals surface area contributed by atoms with Crippen molar-refractivity contribution in [1.29, 1.82) is 0 Å². The summed E-state index contributed by atoms with van der Waals surface area (Å²) < 4.78 is 59.2. The van der Waals surface area contributed by atoms with Crippen molar-refractivity contribution in [3.8, 4) is 5.75 Å². The molecule has 0 radical (unpaired) electrons. The van der Waals surface area contributed by atoms with E-state index in [1.165, 1.54) is 18.4 Å². The molecule has 0 atom stereocenters. The lowest BCUT2D eigenvalue weighted by atomic mass is 10.3. The fourth-order valence-corrected chi connectivity index (χ4v) is 2.93. The molecular formula is C28H47NO13. The zero-order valence-corrected chi connectivity index (χ0v) is 24.5. The van der Waals surface area contributed by atoms with Gasteiger partial charge in [-0.15, -0.1) is 0 Å². The van der Waals surface area contributed by atoms with Gasteiger partial charge in [-0.2, -0.15) is 0 Å². The van der Waals surface area contributed by atoms with E-state index in [-0.39, 0.29) is 5.69 Å². The first-order valence-electron chi connectivity index (χ1n) is 14.0. The predicted octanol–water partition coefficient (Wildman–Crippen LogP) is 2.28. The Kier molecular flexibility index (Phi) is 26.9. The van der Waals surface area contributed by atoms with Crippen molar-refractivity contribution in [3.63, 3.8) is 0 Å². The molecule has 0 aliphatic carbocycles. The molecule has 42 heavy (non-hydrogen) atoms. The molecule has 0 saturated heterocycles. The summed E-state index contributed by atoms with van der Waals surface area (Å²) in [7, 11) is 0. The van der Waals surface area contributed by atoms with Crippen LogP contribution in [0.2, 0.25) is 0 Å². The maximum atomic E-state index is 10.6. The van der Waals surface area contributed by atoms with E-state index in [9.17, 15) is 10.1 Å². The Morgan fingerprint density at radius 3 is 1.07 bits per heavy atom. The smallest absolute Gasteiger partial charge is 0.269 e. The molecule has 0 aliphatic heterocycles. The maximum Gasteiger partial charge on any atom is 0.269 e. The van der Waals surface area contributed by atoms with Crippen molar-refractivity contribution >= 4 is 5.69 Å². The number of hydrogen-bond acceptors (Lipinski definition) is 13. The number of nitro groups is 1. The monoisotopic (exact) mass is 605 g/mol. The van der Waals surface area contributed by atoms with Crippen molar-refractivity contribution in [2.75, 3.05) is 132 Å². The van der Waals surface area contributed by atoms with Gasteiger partial charge in [-0.25, -0.2) is 0 Å². The number of nitro benzene ring substituents is 1. The molecule has 0 N–H and O–H groups in total. The number of hydrogen-bond donors (Lipinski definition) is 0. The van der Waals surface area contributed by atoms with Gasteiger partial charge in [-0.1, -0.05) is 6.58 Å². The quantitative estimate of drug-likeness (QED) is 0.0500. The Balaban J connectivity index is 1.66. The van der Waals surface area contributed by atoms with Crippen LogP contribution in [0.5, 0.6) is 5.75 Å². The second-order valence-corrected chi connectivity index (χ2v) is 8.15. The van der Waals surface area contributed by atoms with Gasteiger partial charge in [0.05, 0.1) is 130 Å². The first-order chi connectivity index (χ1) is 20.7. The van der Waals surface area contributed by atoms with E-state index in [0.717, 1.165) is 0 Å². The van der Waals surface area contributed by atoms with Crippen LogP contribution in [0.1, 0.15) is 0 Å². The first-order valence-corrected chi connectivity index (χ1v) is 14.0. The van der Waals surface area contributed by atoms with Gasteiger partial charge in [0.25, 0.3) is 5.69 Å². The van der Waals surface area contributed by atoms with Crippen LogP contribution in [0.4, 0.5) is 5.69 Å². The summed E-state index contributed by atoms with van der Waals surface area (Å²) in [4.78, 5) is 10.2. The number of rotatable bonds is 33. The van der Waals surface area contributed by atoms with E-state index in [1.54, 1.807) is 12.1 Å². The van der Waals surface area contributed by atoms with Gasteiger partial charge in [-0.3, -0.25) is 10.1 Å². The van der Waals surface area contributed by atoms with Crippen LogP contribution in [0, 0.1) is 10.1 Å². The van der Waals surface area contributed by atoms with E-state index in [2.05, 4.69) is 6.58 Å². The Labute approximate surface area is 248 Å². The van der Waals surface area contributed by atoms with Crippen LogP contribution >= 0.6 is 0 Å². The molecule has 0 aliphatic rings. The fourth-order valence-electron chi connectivity index (χ4n) is 2.93. The van der Waals surface area contributed by atoms with Crippen molar-refractivity contribution in [3.05, 3.63) is 47.2 Å². The molecule has 1 aromatic rings. The third-order valence-electron chi connectivity index (χ3n) is 4.98. The Hall–Kier alpha value is -2.40. The van der Waals surface area contributed by atoms with E-state index in [4.69, 9.17) is 52.1 Å². The zero-order chi connectivity index (χ0) is 30.2. The molecule has 0 saturated carbocycles. The summed E-state index contributed by atoms with van der Waals surface area (Å²) in [6.45, 7) is 13.0. The van der Waals surface area contributed by atoms with Gasteiger partial charge in [-0.05, 0) is 12.1 Å². The van der Waals surface area contributed by atoms with Crippen LogP contribution in [0.3, 0.4) is 0 Å². The molecule has 1 rings (SSSR count). The third-order valence-corrected chi connectivity index (χ3v) is 4.98. The summed E-state index contributed by atoms with van der Waals surface area (Å²) in [5, 5.41) is 10.6. The van der Waals surface area contributed by atoms with Crippen LogP contribution in [-0.4, -0.2) is 137 Å². The summed E-state index contributed by atoms with van der Waals surface area (Å²) in [5.74, 6) is 0.556. The third kappa shape index (κ3) is 25.3. The molecule has 0 spiro atoms. The average Bonchev–Trinajstić information content (AvgIpc) is 3.00. The van der Waals surface area contributed by atoms with Gasteiger partial charge < -0.3 is 52.1 Å². The maximum absolute atomic E-state index is 10.6. The van der Waals surface area contributed by atoms with Gasteiger partial charge in [0, 0.05) is 12.1 Å². The minimum absolute atomic E-state index is 0.0258. The van der Waals surface area contributed by atoms with E-state index in [1.807, 2.05) is 0 Å². The molecule has 1 aromatic carbocycles. The molecule has 14 heteroatoms. The Morgan fingerprint density at radius 2 is 0.786 bits per heavy atom. The van der Waals surface area contributed by atoms with Crippen LogP contribution in [0.15, 0.2) is 37.1 Å². The van der Waals surface area contributed by atoms with Crippen LogP contribution in [0.25, 0.3) is 0 Å². The molecule has 0 unspecified atom stereocenters. The number of non-ortho nitro benzene ring substituents is 1. The highest BCUT2D eigenvalue weighted by Crippen LogP contribution is 2.17. The van der Waals surface area contributed by atoms with Crippen molar-refractivity contribution in [1.82, 2.24) is 0 Å². The highest BCUT2D eigenvalue weighted by Gasteiger charge is 2.04. The predicted molar refractivity (Wildman–Crippen MR) is 152 cm³/mol. The molecule has 0 heterocycles. The van der Waals surface area contributed by atoms with Gasteiger partial charge in [0.2, 0.25) is 0 Å². The van der Waals surface area contributed by atoms with Crippen molar-refractivity contribution in [2.45, 2.75) is 0 Å². The summed E-state index contributed by atoms with van der Waals surface area (Å²) in [6.07, 6.45) is 1.39. The zero-order valence-electron chi connectivity index (χ0n) is 24.5. The topological polar surface area (TPSA) is 145 Å². The fraction of sp³-hybridized carbons (Fsp3) is 0.714. The van der Waals surface area contributed by atoms with Crippen molar-refractivity contribution < 1.29 is 57.0 Å². The molecular weight excluding hydrogens is 558 g/mol. The molecule has 0 aromatic heterocycles. The molecule has 14 nitrogen and oxygen atoms in total. The Bertz CT molecular complexity index is 739. The van der Waals surface area contributed by atoms with Crippen LogP contribution in [-0.2, 0) is 47.4 Å². The number of nitrogens with zero attached hydrogens (tertiary/aromatic N) is 1. The largest absolute Gasteiger partial charge is 0.499 e. The second kappa shape index (κ2) is 30.1. The summed E-state index contributed by atoms with van der Waals surface area (Å²) in [5.41, 5.74) is 0.0258. The second-order valence-electron chi connectivity index (χ2n) is 8.15. The lowest BCUT2D eigenvalue weighted by Crippen LogP contribution is -2.15. The van der Waals surface area contributed by atoms with Gasteiger partial charge >= 0.3 is 0 Å². The van der Waals surface area contributed by atoms with Crippen molar-refractivity contribution in [2.24, 2.45) is 0 Å². The van der Waals surface area contributed by atoms with Gasteiger partial charge in [0.15, 0.2) is 0 Å². The lowest BCUT2D eigenvalue weighted by Gasteiger charge is -2.09. The number of ether oxygens (including phenoxy) is 11. The molecule has 0 amide bonds. The normalized spacial score (nSPS) is 11.0. The standard InChI is InChI=1S/C28H47NO13/c1-2-32-7-8-33-9-10-34-11-12-35-13-14-36-15-16-37-17-18-38-19-20-39-21-22-40-23-24-41-25-26-42-28-5-3-27(4-6-28)29(30)31/h2-6H,1,7-26H2. The van der Waals surface area contributed by atoms with Crippen LogP contribution < -0.4 is 4.74 Å². The lowest BCUT2D eigenvalue weighted by molar-refractivity contribution is -0.384. The highest BCUT2D eigenvalue weighted by atomic mass is 16.6. The van der Waals surface area contributed by atoms with E-state index in [0.29, 0.717) is 138 Å². The Morgan fingerprint density at radius 1 is 0.500 bits per heavy atom. The first kappa shape index (κ1) is 37.6. The summed E-state index contributed by atoms with van der Waals surface area (Å²) >= 11 is 0. The van der Waals surface area contributed by atoms with E-state index < -0.39 is 4.92 Å². The molecule has 0 bridgehead atoms. The average molecular weight is 606 g/mol.